The number of nitrogens with zero attached hydrogens (tertiary/aromatic N) is 2. The summed E-state index contributed by atoms with van der Waals surface area (Å²) in [7, 11) is 3.97. The van der Waals surface area contributed by atoms with Gasteiger partial charge in [-0.15, -0.1) is 0 Å². The molecule has 0 unspecified atom stereocenters. The van der Waals surface area contributed by atoms with Crippen molar-refractivity contribution < 1.29 is 47.7 Å². The molecule has 0 radical (unpaired) electrons. The molecule has 0 atom stereocenters. The fraction of sp³-hybridized carbons (Fsp3) is 0.808. The second-order valence-corrected chi connectivity index (χ2v) is 29.9. The lowest BCUT2D eigenvalue weighted by Crippen LogP contribution is -2.36. The molecular weight excluding hydrogens is 1190 g/mol. The normalized spacial score (nSPS) is 15.7. The van der Waals surface area contributed by atoms with E-state index in [4.69, 9.17) is 23.7 Å². The van der Waals surface area contributed by atoms with E-state index in [1.54, 1.807) is 12.2 Å². The lowest BCUT2D eigenvalue weighted by Gasteiger charge is -2.32. The molecule has 12 nitrogen and oxygen atoms in total. The number of rotatable bonds is 58. The van der Waals surface area contributed by atoms with Crippen LogP contribution in [0.5, 0.6) is 0 Å². The summed E-state index contributed by atoms with van der Waals surface area (Å²) in [4.78, 5) is 68.3. The van der Waals surface area contributed by atoms with Crippen LogP contribution in [0.2, 0.25) is 0 Å². The van der Waals surface area contributed by atoms with Crippen LogP contribution in [0.4, 0.5) is 0 Å². The molecule has 2 aliphatic heterocycles. The smallest absolute Gasteiger partial charge is 0.311 e. The molecule has 2 heterocycles. The predicted molar refractivity (Wildman–Crippen MR) is 382 cm³/mol. The van der Waals surface area contributed by atoms with Crippen molar-refractivity contribution in [2.24, 2.45) is 11.8 Å². The highest BCUT2D eigenvalue weighted by molar-refractivity contribution is 8.76. The number of carbonyl (C=O) groups is 5. The molecule has 0 aromatic carbocycles. The highest BCUT2D eigenvalue weighted by Crippen LogP contribution is 2.28. The maximum Gasteiger partial charge on any atom is 0.311 e. The van der Waals surface area contributed by atoms with E-state index in [0.717, 1.165) is 166 Å². The van der Waals surface area contributed by atoms with Crippen molar-refractivity contribution in [3.05, 3.63) is 58.4 Å². The van der Waals surface area contributed by atoms with Crippen LogP contribution < -0.4 is 0 Å². The Balaban J connectivity index is 0.904. The number of hydrogen-bond acceptors (Lipinski definition) is 14. The molecule has 0 spiro atoms. The Labute approximate surface area is 568 Å². The molecule has 92 heavy (non-hydrogen) atoms. The summed E-state index contributed by atoms with van der Waals surface area (Å²) in [6.07, 6.45) is 57.6. The molecule has 524 valence electrons. The minimum atomic E-state index is -0.260. The van der Waals surface area contributed by atoms with Crippen LogP contribution in [0.15, 0.2) is 58.4 Å². The summed E-state index contributed by atoms with van der Waals surface area (Å²) in [6.45, 7) is 14.3. The molecule has 2 saturated heterocycles. The monoisotopic (exact) mass is 1320 g/mol. The summed E-state index contributed by atoms with van der Waals surface area (Å²) < 4.78 is 28.5. The van der Waals surface area contributed by atoms with Gasteiger partial charge < -0.3 is 33.5 Å². The van der Waals surface area contributed by atoms with Crippen molar-refractivity contribution in [1.82, 2.24) is 9.80 Å². The van der Waals surface area contributed by atoms with Gasteiger partial charge in [-0.25, -0.2) is 0 Å². The van der Waals surface area contributed by atoms with Crippen LogP contribution in [0.25, 0.3) is 0 Å². The minimum absolute atomic E-state index is 0.0457. The molecule has 4 aliphatic rings. The summed E-state index contributed by atoms with van der Waals surface area (Å²) in [5.74, 6) is 3.51. The number of esters is 5. The van der Waals surface area contributed by atoms with Crippen LogP contribution >= 0.6 is 21.6 Å². The van der Waals surface area contributed by atoms with E-state index < -0.39 is 0 Å². The number of allylic oxidation sites excluding steroid dienone is 5. The summed E-state index contributed by atoms with van der Waals surface area (Å²) in [6, 6.07) is 0. The first-order valence-electron chi connectivity index (χ1n) is 38.0. The molecule has 2 aliphatic carbocycles. The quantitative estimate of drug-likeness (QED) is 0.0188. The highest BCUT2D eigenvalue weighted by Gasteiger charge is 2.23. The fourth-order valence-corrected chi connectivity index (χ4v) is 15.0. The average molecular weight is 1320 g/mol. The Morgan fingerprint density at radius 3 is 1.29 bits per heavy atom. The lowest BCUT2D eigenvalue weighted by molar-refractivity contribution is -0.150. The van der Waals surface area contributed by atoms with Gasteiger partial charge in [-0.05, 0) is 152 Å². The summed E-state index contributed by atoms with van der Waals surface area (Å²) in [5, 5.41) is 0. The molecule has 2 fully saturated rings. The standard InChI is InChI=1S/C78H130N2O10S2/c1-4-7-10-13-16-17-18-19-20-21-22-23-24-28-33-39-75(82)89-72-45-41-69(42-46-72)65-77(84)86-61-53-67-49-55-79(56-50-67)59-63-91-92-64-60-80-57-51-68(52-58-80)54-62-87-78(85)66-70-43-47-73(48-44-70)90-76(83)40-35-30-25-29-34-38-74(81)88-71(36-31-26-14-11-8-5-2)37-32-27-15-12-9-6-3/h41,43,45,47,67-68,71H,4-40,44,48-66H2,1-3H3. The van der Waals surface area contributed by atoms with Gasteiger partial charge in [-0.1, -0.05) is 233 Å². The third-order valence-electron chi connectivity index (χ3n) is 19.0. The Hall–Kier alpha value is -3.51. The van der Waals surface area contributed by atoms with E-state index in [1.807, 2.05) is 33.7 Å². The maximum atomic E-state index is 12.8. The van der Waals surface area contributed by atoms with Crippen LogP contribution in [0.1, 0.15) is 323 Å². The van der Waals surface area contributed by atoms with Gasteiger partial charge in [0.05, 0.1) is 26.1 Å². The van der Waals surface area contributed by atoms with Gasteiger partial charge in [-0.2, -0.15) is 0 Å². The SMILES string of the molecule is CCCCCCCCCCCCCCCCCC(=O)OC1=C=C=C(CC(=O)OCCC2CCN(CCSSCCN3CCC(CCOC(=O)CC4=CC=C(OC(=O)CCCCCCCC(=O)OC(CCCCCCCC)CCCCCCCC)CC4)CC3)CC2)C=C1. The van der Waals surface area contributed by atoms with E-state index >= 15 is 0 Å². The Morgan fingerprint density at radius 2 is 0.870 bits per heavy atom. The molecule has 4 rings (SSSR count). The number of piperidine rings is 2. The van der Waals surface area contributed by atoms with Crippen molar-refractivity contribution in [2.45, 2.75) is 329 Å². The van der Waals surface area contributed by atoms with Crippen LogP contribution in [-0.2, 0) is 47.7 Å². The second kappa shape index (κ2) is 55.6. The first-order chi connectivity index (χ1) is 45.1. The minimum Gasteiger partial charge on any atom is -0.465 e. The third kappa shape index (κ3) is 43.5. The van der Waals surface area contributed by atoms with Crippen LogP contribution in [0, 0.1) is 11.8 Å². The van der Waals surface area contributed by atoms with Crippen molar-refractivity contribution >= 4 is 51.4 Å². The Kier molecular flexibility index (Phi) is 48.9. The van der Waals surface area contributed by atoms with Crippen LogP contribution in [-0.4, -0.2) is 110 Å². The van der Waals surface area contributed by atoms with Gasteiger partial charge >= 0.3 is 29.8 Å². The number of likely N-dealkylation sites (tertiary alicyclic amines) is 2. The molecule has 0 amide bonds. The third-order valence-corrected chi connectivity index (χ3v) is 21.4. The fourth-order valence-electron chi connectivity index (χ4n) is 12.9. The van der Waals surface area contributed by atoms with Gasteiger partial charge in [0.15, 0.2) is 5.76 Å². The van der Waals surface area contributed by atoms with Gasteiger partial charge in [0, 0.05) is 55.9 Å². The first-order valence-corrected chi connectivity index (χ1v) is 40.5. The molecule has 0 bridgehead atoms. The largest absolute Gasteiger partial charge is 0.465 e. The molecule has 0 N–H and O–H groups in total. The van der Waals surface area contributed by atoms with Crippen molar-refractivity contribution in [3.8, 4) is 0 Å². The van der Waals surface area contributed by atoms with Gasteiger partial charge in [0.2, 0.25) is 0 Å². The highest BCUT2D eigenvalue weighted by atomic mass is 33.1. The number of hydrogen-bond donors (Lipinski definition) is 0. The molecule has 14 heteroatoms. The van der Waals surface area contributed by atoms with E-state index in [1.165, 1.54) is 148 Å². The van der Waals surface area contributed by atoms with Gasteiger partial charge in [0.1, 0.15) is 11.9 Å². The van der Waals surface area contributed by atoms with Crippen molar-refractivity contribution in [3.63, 3.8) is 0 Å². The molecular formula is C78H130N2O10S2. The van der Waals surface area contributed by atoms with E-state index in [0.29, 0.717) is 74.2 Å². The number of unbranched alkanes of at least 4 members (excludes halogenated alkanes) is 28. The maximum absolute atomic E-state index is 12.8. The van der Waals surface area contributed by atoms with Crippen molar-refractivity contribution in [1.29, 1.82) is 0 Å². The Bertz CT molecular complexity index is 2170. The number of ether oxygens (including phenoxy) is 5. The van der Waals surface area contributed by atoms with E-state index in [9.17, 15) is 24.0 Å². The zero-order chi connectivity index (χ0) is 65.6. The van der Waals surface area contributed by atoms with Gasteiger partial charge in [0.25, 0.3) is 0 Å². The molecule has 0 aromatic heterocycles. The van der Waals surface area contributed by atoms with Crippen molar-refractivity contribution in [2.75, 3.05) is 64.0 Å². The second-order valence-electron chi connectivity index (χ2n) is 27.2. The zero-order valence-electron chi connectivity index (χ0n) is 58.6. The summed E-state index contributed by atoms with van der Waals surface area (Å²) >= 11 is 0. The molecule has 0 saturated carbocycles. The van der Waals surface area contributed by atoms with E-state index in [-0.39, 0.29) is 48.8 Å². The molecule has 0 aromatic rings. The van der Waals surface area contributed by atoms with Crippen LogP contribution in [0.3, 0.4) is 0 Å². The van der Waals surface area contributed by atoms with E-state index in [2.05, 4.69) is 42.0 Å². The van der Waals surface area contributed by atoms with Gasteiger partial charge in [-0.3, -0.25) is 24.0 Å². The zero-order valence-corrected chi connectivity index (χ0v) is 60.3. The number of carbonyl (C=O) groups excluding carboxylic acids is 5. The summed E-state index contributed by atoms with van der Waals surface area (Å²) in [5.41, 5.74) is 7.58. The lowest BCUT2D eigenvalue weighted by atomic mass is 9.94. The Morgan fingerprint density at radius 1 is 0.457 bits per heavy atom. The topological polar surface area (TPSA) is 138 Å². The first kappa shape index (κ1) is 80.9. The average Bonchev–Trinajstić information content (AvgIpc) is 1.74. The predicted octanol–water partition coefficient (Wildman–Crippen LogP) is 20.7.